The van der Waals surface area contributed by atoms with Crippen molar-refractivity contribution in [2.45, 2.75) is 91.6 Å². The molecule has 1 heterocycles. The minimum absolute atomic E-state index is 0.0123. The number of hydrogen-bond acceptors (Lipinski definition) is 11. The van der Waals surface area contributed by atoms with Crippen LogP contribution in [0.5, 0.6) is 0 Å². The van der Waals surface area contributed by atoms with Crippen LogP contribution in [0.3, 0.4) is 0 Å². The molecule has 0 saturated carbocycles. The second-order valence-corrected chi connectivity index (χ2v) is 14.6. The molecule has 0 aliphatic carbocycles. The highest BCUT2D eigenvalue weighted by molar-refractivity contribution is 7.17. The van der Waals surface area contributed by atoms with Gasteiger partial charge in [0.15, 0.2) is 5.13 Å². The molecule has 17 heteroatoms. The summed E-state index contributed by atoms with van der Waals surface area (Å²) in [4.78, 5) is 80.0. The third-order valence-corrected chi connectivity index (χ3v) is 7.78. The number of nitrogens with two attached hydrogens (primary N) is 2. The Morgan fingerprint density at radius 3 is 2.04 bits per heavy atom. The molecule has 2 atom stereocenters. The minimum atomic E-state index is -1.98. The van der Waals surface area contributed by atoms with Crippen LogP contribution in [0, 0.1) is 5.41 Å². The maximum Gasteiger partial charge on any atom is 0.412 e. The van der Waals surface area contributed by atoms with Gasteiger partial charge in [-0.3, -0.25) is 19.2 Å². The molecular formula is C32H48N8O8S. The van der Waals surface area contributed by atoms with Gasteiger partial charge in [-0.1, -0.05) is 44.2 Å². The Labute approximate surface area is 290 Å². The number of amides is 6. The number of aromatic nitrogens is 1. The van der Waals surface area contributed by atoms with E-state index in [9.17, 15) is 28.8 Å². The number of carbonyl (C=O) groups is 6. The van der Waals surface area contributed by atoms with Gasteiger partial charge in [-0.2, -0.15) is 0 Å². The fraction of sp³-hybridized carbons (Fsp3) is 0.531. The summed E-state index contributed by atoms with van der Waals surface area (Å²) >= 11 is 0.962. The molecular weight excluding hydrogens is 656 g/mol. The van der Waals surface area contributed by atoms with E-state index in [0.717, 1.165) is 16.9 Å². The zero-order chi connectivity index (χ0) is 37.3. The molecule has 16 nitrogen and oxygen atoms in total. The lowest BCUT2D eigenvalue weighted by atomic mass is 9.90. The molecule has 49 heavy (non-hydrogen) atoms. The standard InChI is InChI=1S/C32H48N8O8S/c1-18(41)35-28-37-21(24(49-28)25(43)36-22(16-17-23(33)42)26(44)40(8)9)15-12-19-10-13-20(14-11-19)38-32(30(2,3)4,47-27(34)45)48-29(46)39-31(5,6)7/h10-11,13-14,22,38H,12,15-17H2,1-9H3,(H2,33,42)(H2,34,45)(H,36,43)(H,39,46)(H,35,37,41)/t22-,32?/m0/s1. The molecule has 0 spiro atoms. The first-order chi connectivity index (χ1) is 22.5. The number of alkyl carbamates (subject to hydrolysis) is 1. The third-order valence-electron chi connectivity index (χ3n) is 6.77. The number of ether oxygens (including phenoxy) is 2. The molecule has 6 amide bonds. The summed E-state index contributed by atoms with van der Waals surface area (Å²) in [5.41, 5.74) is 10.7. The summed E-state index contributed by atoms with van der Waals surface area (Å²) in [7, 11) is 3.06. The fourth-order valence-electron chi connectivity index (χ4n) is 4.36. The zero-order valence-electron chi connectivity index (χ0n) is 29.4. The van der Waals surface area contributed by atoms with Gasteiger partial charge >= 0.3 is 18.1 Å². The lowest BCUT2D eigenvalue weighted by Crippen LogP contribution is -2.59. The Balaban J connectivity index is 2.33. The van der Waals surface area contributed by atoms with Gasteiger partial charge in [0.2, 0.25) is 17.7 Å². The van der Waals surface area contributed by atoms with Crippen molar-refractivity contribution in [3.05, 3.63) is 40.4 Å². The summed E-state index contributed by atoms with van der Waals surface area (Å²) in [5.74, 6) is -3.96. The number of likely N-dealkylation sites (N-methyl/N-ethyl adjacent to an activating group) is 1. The number of benzene rings is 1. The van der Waals surface area contributed by atoms with E-state index in [1.54, 1.807) is 65.8 Å². The van der Waals surface area contributed by atoms with E-state index in [1.165, 1.54) is 25.9 Å². The first-order valence-corrected chi connectivity index (χ1v) is 16.3. The molecule has 0 aliphatic heterocycles. The monoisotopic (exact) mass is 704 g/mol. The largest absolute Gasteiger partial charge is 0.412 e. The second kappa shape index (κ2) is 16.5. The number of thiazole rings is 1. The van der Waals surface area contributed by atoms with Crippen LogP contribution in [0.2, 0.25) is 0 Å². The lowest BCUT2D eigenvalue weighted by Gasteiger charge is -2.42. The quantitative estimate of drug-likeness (QED) is 0.157. The Hall–Kier alpha value is -4.93. The number of hydrogen-bond donors (Lipinski definition) is 6. The average Bonchev–Trinajstić information content (AvgIpc) is 3.34. The number of anilines is 2. The highest BCUT2D eigenvalue weighted by Gasteiger charge is 2.50. The molecule has 0 bridgehead atoms. The molecule has 0 aliphatic rings. The fourth-order valence-corrected chi connectivity index (χ4v) is 5.32. The second-order valence-electron chi connectivity index (χ2n) is 13.6. The molecule has 0 saturated heterocycles. The first-order valence-electron chi connectivity index (χ1n) is 15.5. The Morgan fingerprint density at radius 1 is 0.939 bits per heavy atom. The van der Waals surface area contributed by atoms with E-state index in [4.69, 9.17) is 20.9 Å². The van der Waals surface area contributed by atoms with Gasteiger partial charge in [-0.05, 0) is 57.7 Å². The van der Waals surface area contributed by atoms with Crippen LogP contribution in [0.25, 0.3) is 0 Å². The summed E-state index contributed by atoms with van der Waals surface area (Å²) in [6.07, 6.45) is -1.39. The van der Waals surface area contributed by atoms with Crippen molar-refractivity contribution in [3.63, 3.8) is 0 Å². The highest BCUT2D eigenvalue weighted by Crippen LogP contribution is 2.37. The topological polar surface area (TPSA) is 237 Å². The predicted molar refractivity (Wildman–Crippen MR) is 184 cm³/mol. The van der Waals surface area contributed by atoms with E-state index >= 15 is 0 Å². The van der Waals surface area contributed by atoms with Crippen molar-refractivity contribution < 1.29 is 38.2 Å². The Morgan fingerprint density at radius 2 is 1.55 bits per heavy atom. The van der Waals surface area contributed by atoms with Crippen molar-refractivity contribution in [1.82, 2.24) is 20.5 Å². The van der Waals surface area contributed by atoms with Crippen LogP contribution in [0.15, 0.2) is 24.3 Å². The first kappa shape index (κ1) is 40.2. The van der Waals surface area contributed by atoms with E-state index in [-0.39, 0.29) is 35.2 Å². The van der Waals surface area contributed by atoms with Crippen molar-refractivity contribution in [2.75, 3.05) is 24.7 Å². The lowest BCUT2D eigenvalue weighted by molar-refractivity contribution is -0.202. The molecule has 0 radical (unpaired) electrons. The minimum Gasteiger partial charge on any atom is -0.387 e. The highest BCUT2D eigenvalue weighted by atomic mass is 32.1. The molecule has 2 aromatic rings. The van der Waals surface area contributed by atoms with E-state index in [2.05, 4.69) is 26.3 Å². The van der Waals surface area contributed by atoms with E-state index in [1.807, 2.05) is 0 Å². The smallest absolute Gasteiger partial charge is 0.387 e. The van der Waals surface area contributed by atoms with Gasteiger partial charge in [0, 0.05) is 38.7 Å². The number of nitrogens with one attached hydrogen (secondary N) is 4. The van der Waals surface area contributed by atoms with Gasteiger partial charge in [0.05, 0.1) is 11.1 Å². The predicted octanol–water partition coefficient (Wildman–Crippen LogP) is 3.07. The number of carbonyl (C=O) groups excluding carboxylic acids is 6. The number of primary amides is 2. The summed E-state index contributed by atoms with van der Waals surface area (Å²) in [6.45, 7) is 11.7. The third kappa shape index (κ3) is 12.6. The van der Waals surface area contributed by atoms with Crippen molar-refractivity contribution >= 4 is 58.0 Å². The maximum absolute atomic E-state index is 13.4. The summed E-state index contributed by atoms with van der Waals surface area (Å²) < 4.78 is 11.1. The molecule has 0 fully saturated rings. The average molecular weight is 705 g/mol. The summed E-state index contributed by atoms with van der Waals surface area (Å²) in [5, 5.41) is 11.2. The van der Waals surface area contributed by atoms with Crippen LogP contribution in [-0.2, 0) is 36.7 Å². The van der Waals surface area contributed by atoms with Crippen LogP contribution >= 0.6 is 11.3 Å². The van der Waals surface area contributed by atoms with Crippen LogP contribution in [-0.4, -0.2) is 77.3 Å². The zero-order valence-corrected chi connectivity index (χ0v) is 30.3. The van der Waals surface area contributed by atoms with Crippen LogP contribution < -0.4 is 32.7 Å². The molecule has 1 aromatic carbocycles. The van der Waals surface area contributed by atoms with Gasteiger partial charge in [0.25, 0.3) is 5.91 Å². The van der Waals surface area contributed by atoms with Gasteiger partial charge in [-0.25, -0.2) is 14.6 Å². The number of rotatable bonds is 14. The molecule has 2 rings (SSSR count). The Bertz CT molecular complexity index is 1530. The summed E-state index contributed by atoms with van der Waals surface area (Å²) in [6, 6.07) is 5.95. The van der Waals surface area contributed by atoms with Crippen molar-refractivity contribution in [1.29, 1.82) is 0 Å². The number of nitrogens with zero attached hydrogens (tertiary/aromatic N) is 2. The normalized spacial score (nSPS) is 13.2. The van der Waals surface area contributed by atoms with Gasteiger partial charge in [-0.15, -0.1) is 0 Å². The van der Waals surface area contributed by atoms with E-state index < -0.39 is 52.8 Å². The van der Waals surface area contributed by atoms with Crippen molar-refractivity contribution in [3.8, 4) is 0 Å². The SMILES string of the molecule is CC(=O)Nc1nc(CCc2ccc(NC(OC(N)=O)(OC(=O)NC(C)(C)C)C(C)(C)C)cc2)c(C(=O)N[C@@H](CCC(N)=O)C(=O)N(C)C)s1. The molecule has 270 valence electrons. The maximum atomic E-state index is 13.4. The molecule has 8 N–H and O–H groups in total. The van der Waals surface area contributed by atoms with Crippen molar-refractivity contribution in [2.24, 2.45) is 16.9 Å². The van der Waals surface area contributed by atoms with Crippen LogP contribution in [0.1, 0.15) is 82.2 Å². The number of aryl methyl sites for hydroxylation is 2. The van der Waals surface area contributed by atoms with E-state index in [0.29, 0.717) is 17.8 Å². The molecule has 1 unspecified atom stereocenters. The molecule has 1 aromatic heterocycles. The van der Waals surface area contributed by atoms with Gasteiger partial charge in [0.1, 0.15) is 10.9 Å². The van der Waals surface area contributed by atoms with Gasteiger partial charge < -0.3 is 47.1 Å². The van der Waals surface area contributed by atoms with Crippen LogP contribution in [0.4, 0.5) is 20.4 Å². The Kier molecular flexibility index (Phi) is 13.5.